The van der Waals surface area contributed by atoms with Crippen LogP contribution in [-0.2, 0) is 11.3 Å². The van der Waals surface area contributed by atoms with E-state index in [-0.39, 0.29) is 0 Å². The van der Waals surface area contributed by atoms with Gasteiger partial charge >= 0.3 is 0 Å². The standard InChI is InChI=1S/C25H39N3O/c1-3-27(18-20-10-5-4-6-11-20)24(29)15-7-14-23-22-13-9-17-28-16-8-12-21(25(22)28)19-26(23)2/h4-6,10-11,21-23,25H,3,7-9,12-19H2,1-2H3/t21-,22+,23+,25-/m0/s1. The van der Waals surface area contributed by atoms with E-state index in [2.05, 4.69) is 48.0 Å². The first kappa shape index (κ1) is 20.9. The van der Waals surface area contributed by atoms with E-state index >= 15 is 0 Å². The first-order chi connectivity index (χ1) is 14.2. The third-order valence-corrected chi connectivity index (χ3v) is 7.77. The summed E-state index contributed by atoms with van der Waals surface area (Å²) in [5.74, 6) is 2.00. The molecule has 29 heavy (non-hydrogen) atoms. The van der Waals surface area contributed by atoms with Crippen molar-refractivity contribution in [2.45, 2.75) is 70.5 Å². The summed E-state index contributed by atoms with van der Waals surface area (Å²) in [4.78, 5) is 20.3. The Morgan fingerprint density at radius 1 is 1.14 bits per heavy atom. The van der Waals surface area contributed by atoms with Gasteiger partial charge in [-0.15, -0.1) is 0 Å². The molecule has 4 atom stereocenters. The van der Waals surface area contributed by atoms with Crippen molar-refractivity contribution in [3.05, 3.63) is 35.9 Å². The Kier molecular flexibility index (Phi) is 6.92. The SMILES string of the molecule is CCN(Cc1ccccc1)C(=O)CCC[C@@H]1[C@H]2CCCN3CCC[C@@H](CN1C)[C@@H]23. The van der Waals surface area contributed by atoms with E-state index in [1.54, 1.807) is 0 Å². The molecule has 3 heterocycles. The largest absolute Gasteiger partial charge is 0.339 e. The van der Waals surface area contributed by atoms with Gasteiger partial charge in [-0.1, -0.05) is 30.3 Å². The predicted octanol–water partition coefficient (Wildman–Crippen LogP) is 4.01. The smallest absolute Gasteiger partial charge is 0.222 e. The molecular weight excluding hydrogens is 358 g/mol. The Hall–Kier alpha value is -1.39. The number of carbonyl (C=O) groups excluding carboxylic acids is 1. The molecule has 1 aromatic carbocycles. The molecule has 0 aliphatic carbocycles. The van der Waals surface area contributed by atoms with E-state index in [0.717, 1.165) is 37.4 Å². The third-order valence-electron chi connectivity index (χ3n) is 7.77. The Bertz CT molecular complexity index is 661. The van der Waals surface area contributed by atoms with Gasteiger partial charge in [0.25, 0.3) is 0 Å². The van der Waals surface area contributed by atoms with Crippen LogP contribution in [0.4, 0.5) is 0 Å². The highest BCUT2D eigenvalue weighted by Crippen LogP contribution is 2.42. The molecule has 3 saturated heterocycles. The van der Waals surface area contributed by atoms with Gasteiger partial charge in [-0.3, -0.25) is 9.69 Å². The van der Waals surface area contributed by atoms with E-state index in [0.29, 0.717) is 18.4 Å². The summed E-state index contributed by atoms with van der Waals surface area (Å²) in [5.41, 5.74) is 1.22. The zero-order chi connectivity index (χ0) is 20.2. The van der Waals surface area contributed by atoms with Crippen molar-refractivity contribution in [1.82, 2.24) is 14.7 Å². The number of likely N-dealkylation sites (tertiary alicyclic amines) is 1. The maximum Gasteiger partial charge on any atom is 0.222 e. The molecule has 0 aromatic heterocycles. The Labute approximate surface area is 177 Å². The molecule has 0 N–H and O–H groups in total. The van der Waals surface area contributed by atoms with Crippen LogP contribution in [0.2, 0.25) is 0 Å². The van der Waals surface area contributed by atoms with Gasteiger partial charge in [0.15, 0.2) is 0 Å². The van der Waals surface area contributed by atoms with Crippen LogP contribution >= 0.6 is 0 Å². The molecule has 3 aliphatic heterocycles. The second-order valence-corrected chi connectivity index (χ2v) is 9.53. The predicted molar refractivity (Wildman–Crippen MR) is 119 cm³/mol. The summed E-state index contributed by atoms with van der Waals surface area (Å²) < 4.78 is 0. The van der Waals surface area contributed by atoms with Gasteiger partial charge in [-0.2, -0.15) is 0 Å². The summed E-state index contributed by atoms with van der Waals surface area (Å²) in [7, 11) is 2.34. The summed E-state index contributed by atoms with van der Waals surface area (Å²) in [6.07, 6.45) is 8.43. The zero-order valence-corrected chi connectivity index (χ0v) is 18.4. The lowest BCUT2D eigenvalue weighted by molar-refractivity contribution is -0.132. The van der Waals surface area contributed by atoms with Gasteiger partial charge in [-0.05, 0) is 83.0 Å². The van der Waals surface area contributed by atoms with Gasteiger partial charge < -0.3 is 9.80 Å². The zero-order valence-electron chi connectivity index (χ0n) is 18.4. The minimum Gasteiger partial charge on any atom is -0.339 e. The summed E-state index contributed by atoms with van der Waals surface area (Å²) in [6, 6.07) is 11.8. The Morgan fingerprint density at radius 2 is 1.90 bits per heavy atom. The van der Waals surface area contributed by atoms with Gasteiger partial charge in [-0.25, -0.2) is 0 Å². The fourth-order valence-corrected chi connectivity index (χ4v) is 6.44. The lowest BCUT2D eigenvalue weighted by Gasteiger charge is -2.57. The highest BCUT2D eigenvalue weighted by atomic mass is 16.2. The average molecular weight is 398 g/mol. The fraction of sp³-hybridized carbons (Fsp3) is 0.720. The minimum absolute atomic E-state index is 0.315. The van der Waals surface area contributed by atoms with Crippen LogP contribution in [0.3, 0.4) is 0 Å². The molecule has 1 amide bonds. The van der Waals surface area contributed by atoms with Gasteiger partial charge in [0, 0.05) is 38.1 Å². The maximum absolute atomic E-state index is 12.8. The summed E-state index contributed by atoms with van der Waals surface area (Å²) in [5, 5.41) is 0. The maximum atomic E-state index is 12.8. The number of piperidine rings is 3. The summed E-state index contributed by atoms with van der Waals surface area (Å²) in [6.45, 7) is 7.51. The molecule has 3 fully saturated rings. The Morgan fingerprint density at radius 3 is 2.66 bits per heavy atom. The highest BCUT2D eigenvalue weighted by Gasteiger charge is 2.47. The quantitative estimate of drug-likeness (QED) is 0.695. The van der Waals surface area contributed by atoms with Crippen molar-refractivity contribution >= 4 is 5.91 Å². The number of rotatable bonds is 7. The van der Waals surface area contributed by atoms with Crippen LogP contribution in [0, 0.1) is 11.8 Å². The molecule has 4 nitrogen and oxygen atoms in total. The number of benzene rings is 1. The molecule has 0 unspecified atom stereocenters. The number of amides is 1. The Balaban J connectivity index is 1.31. The molecule has 0 bridgehead atoms. The molecule has 0 spiro atoms. The number of hydrogen-bond acceptors (Lipinski definition) is 3. The monoisotopic (exact) mass is 397 g/mol. The molecule has 3 aliphatic rings. The van der Waals surface area contributed by atoms with Crippen LogP contribution in [-0.4, -0.2) is 65.9 Å². The second-order valence-electron chi connectivity index (χ2n) is 9.53. The molecule has 1 aromatic rings. The molecule has 160 valence electrons. The van der Waals surface area contributed by atoms with E-state index in [4.69, 9.17) is 0 Å². The van der Waals surface area contributed by atoms with Crippen molar-refractivity contribution in [2.75, 3.05) is 33.2 Å². The molecule has 4 heteroatoms. The summed E-state index contributed by atoms with van der Waals surface area (Å²) >= 11 is 0. The molecule has 4 rings (SSSR count). The van der Waals surface area contributed by atoms with E-state index in [9.17, 15) is 4.79 Å². The fourth-order valence-electron chi connectivity index (χ4n) is 6.44. The molecule has 0 saturated carbocycles. The number of hydrogen-bond donors (Lipinski definition) is 0. The lowest BCUT2D eigenvalue weighted by atomic mass is 9.69. The average Bonchev–Trinajstić information content (AvgIpc) is 2.75. The van der Waals surface area contributed by atoms with Crippen molar-refractivity contribution in [1.29, 1.82) is 0 Å². The number of carbonyl (C=O) groups is 1. The topological polar surface area (TPSA) is 26.8 Å². The van der Waals surface area contributed by atoms with E-state index < -0.39 is 0 Å². The number of nitrogens with zero attached hydrogens (tertiary/aromatic N) is 3. The normalized spacial score (nSPS) is 30.0. The van der Waals surface area contributed by atoms with Crippen LogP contribution in [0.15, 0.2) is 30.3 Å². The van der Waals surface area contributed by atoms with Crippen LogP contribution in [0.5, 0.6) is 0 Å². The second kappa shape index (κ2) is 9.61. The molecule has 0 radical (unpaired) electrons. The van der Waals surface area contributed by atoms with Crippen molar-refractivity contribution in [3.8, 4) is 0 Å². The van der Waals surface area contributed by atoms with Crippen molar-refractivity contribution in [3.63, 3.8) is 0 Å². The van der Waals surface area contributed by atoms with Crippen LogP contribution in [0.1, 0.15) is 57.4 Å². The lowest BCUT2D eigenvalue weighted by Crippen LogP contribution is -2.63. The van der Waals surface area contributed by atoms with E-state index in [1.165, 1.54) is 57.3 Å². The van der Waals surface area contributed by atoms with E-state index in [1.807, 2.05) is 11.0 Å². The first-order valence-electron chi connectivity index (χ1n) is 11.9. The first-order valence-corrected chi connectivity index (χ1v) is 11.9. The molecular formula is C25H39N3O. The highest BCUT2D eigenvalue weighted by molar-refractivity contribution is 5.76. The van der Waals surface area contributed by atoms with Gasteiger partial charge in [0.2, 0.25) is 5.91 Å². The van der Waals surface area contributed by atoms with Gasteiger partial charge in [0.05, 0.1) is 0 Å². The third kappa shape index (κ3) is 4.69. The van der Waals surface area contributed by atoms with Crippen LogP contribution in [0.25, 0.3) is 0 Å². The van der Waals surface area contributed by atoms with Crippen molar-refractivity contribution in [2.24, 2.45) is 11.8 Å². The van der Waals surface area contributed by atoms with Gasteiger partial charge in [0.1, 0.15) is 0 Å². The van der Waals surface area contributed by atoms with Crippen LogP contribution < -0.4 is 0 Å². The van der Waals surface area contributed by atoms with Crippen molar-refractivity contribution < 1.29 is 4.79 Å². The minimum atomic E-state index is 0.315.